The number of rotatable bonds is 3. The minimum Gasteiger partial charge on any atom is -0.462 e. The number of esters is 1. The molecule has 3 heterocycles. The van der Waals surface area contributed by atoms with Gasteiger partial charge >= 0.3 is 5.97 Å². The topological polar surface area (TPSA) is 69.0 Å². The number of hydrogen-bond donors (Lipinski definition) is 1. The lowest BCUT2D eigenvalue weighted by atomic mass is 10.1. The maximum absolute atomic E-state index is 11.9. The van der Waals surface area contributed by atoms with E-state index in [0.717, 1.165) is 18.7 Å². The Balaban J connectivity index is 1.97. The molecule has 20 heavy (non-hydrogen) atoms. The first kappa shape index (κ1) is 12.7. The smallest absolute Gasteiger partial charge is 0.343 e. The Kier molecular flexibility index (Phi) is 3.37. The van der Waals surface area contributed by atoms with Crippen molar-refractivity contribution in [3.8, 4) is 0 Å². The number of aromatic nitrogens is 3. The van der Waals surface area contributed by atoms with Gasteiger partial charge in [-0.3, -0.25) is 4.98 Å². The molecule has 1 unspecified atom stereocenters. The van der Waals surface area contributed by atoms with Gasteiger partial charge in [0.1, 0.15) is 11.4 Å². The van der Waals surface area contributed by atoms with Crippen molar-refractivity contribution in [2.75, 3.05) is 18.5 Å². The molecule has 0 radical (unpaired) electrons. The first-order chi connectivity index (χ1) is 9.81. The second kappa shape index (κ2) is 5.32. The lowest BCUT2D eigenvalue weighted by Gasteiger charge is -2.25. The highest BCUT2D eigenvalue weighted by molar-refractivity contribution is 5.94. The predicted molar refractivity (Wildman–Crippen MR) is 73.7 cm³/mol. The minimum atomic E-state index is -0.345. The Morgan fingerprint density at radius 1 is 1.55 bits per heavy atom. The molecule has 6 nitrogen and oxygen atoms in total. The summed E-state index contributed by atoms with van der Waals surface area (Å²) in [5.41, 5.74) is 1.43. The third-order valence-corrected chi connectivity index (χ3v) is 3.33. The van der Waals surface area contributed by atoms with Gasteiger partial charge in [-0.15, -0.1) is 0 Å². The summed E-state index contributed by atoms with van der Waals surface area (Å²) in [5, 5.41) is 7.55. The molecule has 0 spiro atoms. The summed E-state index contributed by atoms with van der Waals surface area (Å²) in [5.74, 6) is 0.369. The maximum Gasteiger partial charge on any atom is 0.343 e. The number of nitrogens with one attached hydrogen (secondary N) is 1. The average Bonchev–Trinajstić information content (AvgIpc) is 2.92. The van der Waals surface area contributed by atoms with E-state index < -0.39 is 0 Å². The number of anilines is 1. The van der Waals surface area contributed by atoms with E-state index in [9.17, 15) is 4.79 Å². The maximum atomic E-state index is 11.9. The van der Waals surface area contributed by atoms with Gasteiger partial charge in [-0.05, 0) is 25.5 Å². The van der Waals surface area contributed by atoms with Gasteiger partial charge in [0.15, 0.2) is 0 Å². The molecule has 0 aromatic carbocycles. The molecule has 0 aliphatic carbocycles. The molecule has 1 aliphatic rings. The van der Waals surface area contributed by atoms with E-state index in [2.05, 4.69) is 15.4 Å². The van der Waals surface area contributed by atoms with Gasteiger partial charge in [0.05, 0.1) is 24.5 Å². The van der Waals surface area contributed by atoms with E-state index in [-0.39, 0.29) is 12.0 Å². The first-order valence-electron chi connectivity index (χ1n) is 6.70. The highest BCUT2D eigenvalue weighted by atomic mass is 16.5. The molecule has 3 rings (SSSR count). The Morgan fingerprint density at radius 2 is 2.45 bits per heavy atom. The van der Waals surface area contributed by atoms with Crippen molar-refractivity contribution in [3.63, 3.8) is 0 Å². The molecule has 2 aromatic rings. The van der Waals surface area contributed by atoms with E-state index in [1.807, 2.05) is 22.9 Å². The number of ether oxygens (including phenoxy) is 1. The molecule has 1 aliphatic heterocycles. The van der Waals surface area contributed by atoms with Crippen LogP contribution in [-0.2, 0) is 4.74 Å². The molecular weight excluding hydrogens is 256 g/mol. The van der Waals surface area contributed by atoms with E-state index in [1.54, 1.807) is 19.3 Å². The van der Waals surface area contributed by atoms with Crippen molar-refractivity contribution in [2.45, 2.75) is 19.4 Å². The van der Waals surface area contributed by atoms with Crippen LogP contribution in [0.4, 0.5) is 5.82 Å². The van der Waals surface area contributed by atoms with Crippen molar-refractivity contribution in [1.29, 1.82) is 0 Å². The fourth-order valence-corrected chi connectivity index (χ4v) is 2.43. The third kappa shape index (κ3) is 2.13. The van der Waals surface area contributed by atoms with Gasteiger partial charge in [0.25, 0.3) is 0 Å². The van der Waals surface area contributed by atoms with Crippen molar-refractivity contribution in [1.82, 2.24) is 14.8 Å². The van der Waals surface area contributed by atoms with Crippen molar-refractivity contribution < 1.29 is 9.53 Å². The Bertz CT molecular complexity index is 609. The van der Waals surface area contributed by atoms with Crippen molar-refractivity contribution in [2.24, 2.45) is 0 Å². The number of fused-ring (bicyclic) bond motifs is 1. The Labute approximate surface area is 116 Å². The summed E-state index contributed by atoms with van der Waals surface area (Å²) in [6.45, 7) is 2.92. The number of carbonyl (C=O) groups excluding carboxylic acids is 1. The zero-order chi connectivity index (χ0) is 13.9. The fraction of sp³-hybridized carbons (Fsp3) is 0.357. The Hall–Kier alpha value is -2.37. The van der Waals surface area contributed by atoms with Crippen LogP contribution in [0.25, 0.3) is 0 Å². The highest BCUT2D eigenvalue weighted by Gasteiger charge is 2.27. The quantitative estimate of drug-likeness (QED) is 0.864. The van der Waals surface area contributed by atoms with Crippen LogP contribution in [0.2, 0.25) is 0 Å². The van der Waals surface area contributed by atoms with Crippen LogP contribution in [0, 0.1) is 0 Å². The largest absolute Gasteiger partial charge is 0.462 e. The molecule has 0 bridgehead atoms. The van der Waals surface area contributed by atoms with E-state index in [4.69, 9.17) is 4.74 Å². The van der Waals surface area contributed by atoms with Gasteiger partial charge in [-0.2, -0.15) is 5.10 Å². The molecular formula is C14H16N4O2. The van der Waals surface area contributed by atoms with Crippen LogP contribution in [0.5, 0.6) is 0 Å². The van der Waals surface area contributed by atoms with Crippen LogP contribution in [0.3, 0.4) is 0 Å². The van der Waals surface area contributed by atoms with Gasteiger partial charge in [0.2, 0.25) is 0 Å². The zero-order valence-corrected chi connectivity index (χ0v) is 11.2. The van der Waals surface area contributed by atoms with Crippen LogP contribution >= 0.6 is 0 Å². The first-order valence-corrected chi connectivity index (χ1v) is 6.70. The lowest BCUT2D eigenvalue weighted by molar-refractivity contribution is 0.0527. The molecule has 6 heteroatoms. The molecule has 0 saturated carbocycles. The van der Waals surface area contributed by atoms with Crippen molar-refractivity contribution in [3.05, 3.63) is 41.9 Å². The molecule has 1 atom stereocenters. The van der Waals surface area contributed by atoms with Crippen molar-refractivity contribution >= 4 is 11.8 Å². The lowest BCUT2D eigenvalue weighted by Crippen LogP contribution is -2.26. The molecule has 2 aromatic heterocycles. The fourth-order valence-electron chi connectivity index (χ4n) is 2.43. The second-order valence-electron chi connectivity index (χ2n) is 4.56. The molecule has 1 N–H and O–H groups in total. The third-order valence-electron chi connectivity index (χ3n) is 3.33. The normalized spacial score (nSPS) is 17.1. The molecule has 0 saturated heterocycles. The SMILES string of the molecule is CCOC(=O)c1cnn2c1NCCC2c1ccccn1. The Morgan fingerprint density at radius 3 is 3.20 bits per heavy atom. The predicted octanol–water partition coefficient (Wildman–Crippen LogP) is 1.86. The number of hydrogen-bond acceptors (Lipinski definition) is 5. The summed E-state index contributed by atoms with van der Waals surface area (Å²) >= 11 is 0. The highest BCUT2D eigenvalue weighted by Crippen LogP contribution is 2.30. The van der Waals surface area contributed by atoms with Crippen LogP contribution < -0.4 is 5.32 Å². The van der Waals surface area contributed by atoms with E-state index in [0.29, 0.717) is 18.0 Å². The number of carbonyl (C=O) groups is 1. The van der Waals surface area contributed by atoms with Gasteiger partial charge < -0.3 is 10.1 Å². The molecule has 0 amide bonds. The van der Waals surface area contributed by atoms with Crippen LogP contribution in [-0.4, -0.2) is 33.9 Å². The van der Waals surface area contributed by atoms with Crippen LogP contribution in [0.1, 0.15) is 35.4 Å². The molecule has 0 fully saturated rings. The summed E-state index contributed by atoms with van der Waals surface area (Å²) in [6.07, 6.45) is 4.21. The van der Waals surface area contributed by atoms with Crippen LogP contribution in [0.15, 0.2) is 30.6 Å². The summed E-state index contributed by atoms with van der Waals surface area (Å²) < 4.78 is 6.86. The van der Waals surface area contributed by atoms with Gasteiger partial charge in [0, 0.05) is 12.7 Å². The second-order valence-corrected chi connectivity index (χ2v) is 4.56. The molecule has 104 valence electrons. The standard InChI is InChI=1S/C14H16N4O2/c1-2-20-14(19)10-9-17-18-12(6-8-16-13(10)18)11-5-3-4-7-15-11/h3-5,7,9,12,16H,2,6,8H2,1H3. The van der Waals surface area contributed by atoms with E-state index in [1.165, 1.54) is 0 Å². The monoisotopic (exact) mass is 272 g/mol. The number of nitrogens with zero attached hydrogens (tertiary/aromatic N) is 3. The summed E-state index contributed by atoms with van der Waals surface area (Å²) in [7, 11) is 0. The number of pyridine rings is 1. The summed E-state index contributed by atoms with van der Waals surface area (Å²) in [6, 6.07) is 5.87. The average molecular weight is 272 g/mol. The minimum absolute atomic E-state index is 0.0515. The summed E-state index contributed by atoms with van der Waals surface area (Å²) in [4.78, 5) is 16.3. The van der Waals surface area contributed by atoms with E-state index >= 15 is 0 Å². The van der Waals surface area contributed by atoms with Gasteiger partial charge in [-0.25, -0.2) is 9.48 Å². The zero-order valence-electron chi connectivity index (χ0n) is 11.2. The van der Waals surface area contributed by atoms with Gasteiger partial charge in [-0.1, -0.05) is 6.07 Å².